The van der Waals surface area contributed by atoms with Crippen LogP contribution in [0.15, 0.2) is 46.2 Å². The van der Waals surface area contributed by atoms with Crippen LogP contribution in [0, 0.1) is 23.2 Å². The van der Waals surface area contributed by atoms with E-state index in [2.05, 4.69) is 31.4 Å². The van der Waals surface area contributed by atoms with E-state index in [0.29, 0.717) is 95.0 Å². The second-order valence-electron chi connectivity index (χ2n) is 14.9. The Kier molecular flexibility index (Phi) is 8.87. The van der Waals surface area contributed by atoms with Crippen LogP contribution in [-0.2, 0) is 17.8 Å². The standard InChI is InChI=1S/C36H45Cl2N7O3/c1-20-17-44(19-32(47)39-20)34(41-30-14-23-13-28(21(30)2)36(23,3)4)40-25-7-8-27-31(16-25)42-35(43-11-10-26(46)18-43)45(33(27)48)12-9-22-5-6-24(37)15-29(22)38/h5-8,15-16,20-21,23,26,28,30,46H,9-14,17-19H2,1-4H3,(H,39,47)(H,40,41)/t20-,21-,23+,26-,28-,30?/m0/s1. The van der Waals surface area contributed by atoms with Gasteiger partial charge in [-0.1, -0.05) is 50.0 Å². The van der Waals surface area contributed by atoms with Crippen molar-refractivity contribution in [3.8, 4) is 0 Å². The van der Waals surface area contributed by atoms with Crippen LogP contribution >= 0.6 is 23.2 Å². The van der Waals surface area contributed by atoms with E-state index in [1.807, 2.05) is 41.0 Å². The number of fused-ring (bicyclic) bond motifs is 3. The normalized spacial score (nSPS) is 28.4. The molecule has 5 aliphatic rings. The summed E-state index contributed by atoms with van der Waals surface area (Å²) in [6.07, 6.45) is 2.95. The molecule has 3 heterocycles. The number of amides is 1. The monoisotopic (exact) mass is 693 g/mol. The molecule has 3 aromatic rings. The van der Waals surface area contributed by atoms with E-state index in [0.717, 1.165) is 17.7 Å². The number of halogens is 2. The number of aliphatic imine (C=N–C) groups is 1. The first-order valence-electron chi connectivity index (χ1n) is 17.2. The largest absolute Gasteiger partial charge is 0.391 e. The molecule has 10 nitrogen and oxygen atoms in total. The third-order valence-electron chi connectivity index (χ3n) is 11.4. The molecule has 3 saturated carbocycles. The smallest absolute Gasteiger partial charge is 0.262 e. The maximum atomic E-state index is 14.1. The van der Waals surface area contributed by atoms with Gasteiger partial charge in [-0.3, -0.25) is 14.2 Å². The van der Waals surface area contributed by atoms with Gasteiger partial charge in [0, 0.05) is 48.0 Å². The number of guanidine groups is 1. The molecule has 48 heavy (non-hydrogen) atoms. The van der Waals surface area contributed by atoms with E-state index in [1.165, 1.54) is 6.42 Å². The number of hydrogen-bond donors (Lipinski definition) is 3. The Hall–Kier alpha value is -3.34. The lowest BCUT2D eigenvalue weighted by Gasteiger charge is -2.61. The van der Waals surface area contributed by atoms with Gasteiger partial charge in [0.1, 0.15) is 0 Å². The van der Waals surface area contributed by atoms with Crippen LogP contribution in [0.3, 0.4) is 0 Å². The molecule has 1 aromatic heterocycles. The fourth-order valence-electron chi connectivity index (χ4n) is 8.48. The number of aromatic nitrogens is 2. The molecule has 0 spiro atoms. The average Bonchev–Trinajstić information content (AvgIpc) is 3.47. The molecule has 2 saturated heterocycles. The lowest BCUT2D eigenvalue weighted by atomic mass is 9.45. The van der Waals surface area contributed by atoms with Crippen LogP contribution < -0.4 is 21.1 Å². The Morgan fingerprint density at radius 3 is 2.62 bits per heavy atom. The number of piperazine rings is 1. The molecule has 2 aliphatic heterocycles. The number of aryl methyl sites for hydroxylation is 1. The Bertz CT molecular complexity index is 1830. The number of nitrogens with zero attached hydrogens (tertiary/aromatic N) is 5. The van der Waals surface area contributed by atoms with Gasteiger partial charge in [0.2, 0.25) is 11.9 Å². The minimum Gasteiger partial charge on any atom is -0.391 e. The summed E-state index contributed by atoms with van der Waals surface area (Å²) in [5, 5.41) is 18.6. The van der Waals surface area contributed by atoms with Crippen LogP contribution in [-0.4, -0.2) is 75.8 Å². The Morgan fingerprint density at radius 1 is 1.12 bits per heavy atom. The second-order valence-corrected chi connectivity index (χ2v) is 15.8. The highest BCUT2D eigenvalue weighted by molar-refractivity contribution is 6.35. The molecule has 3 aliphatic carbocycles. The predicted molar refractivity (Wildman–Crippen MR) is 192 cm³/mol. The SMILES string of the molecule is C[C@@H]1C(/N=C(/Nc2ccc3c(=O)n(CCc4ccc(Cl)cc4Cl)c(N4CC[C@H](O)C4)nc3c2)N2CC(=O)N[C@@H](C)C2)C[C@H]2C[C@@H]1C2(C)C. The average molecular weight is 695 g/mol. The number of aliphatic hydroxyl groups is 1. The van der Waals surface area contributed by atoms with Crippen molar-refractivity contribution >= 4 is 57.6 Å². The fourth-order valence-corrected chi connectivity index (χ4v) is 8.98. The van der Waals surface area contributed by atoms with Crippen LogP contribution in [0.5, 0.6) is 0 Å². The predicted octanol–water partition coefficient (Wildman–Crippen LogP) is 5.18. The maximum Gasteiger partial charge on any atom is 0.262 e. The first-order chi connectivity index (χ1) is 22.9. The summed E-state index contributed by atoms with van der Waals surface area (Å²) < 4.78 is 1.69. The van der Waals surface area contributed by atoms with Gasteiger partial charge in [-0.2, -0.15) is 0 Å². The van der Waals surface area contributed by atoms with Gasteiger partial charge < -0.3 is 25.5 Å². The van der Waals surface area contributed by atoms with E-state index in [9.17, 15) is 14.7 Å². The molecule has 5 fully saturated rings. The quantitative estimate of drug-likeness (QED) is 0.241. The lowest BCUT2D eigenvalue weighted by molar-refractivity contribution is -0.124. The van der Waals surface area contributed by atoms with Crippen molar-refractivity contribution in [2.45, 2.75) is 78.1 Å². The van der Waals surface area contributed by atoms with Crippen LogP contribution in [0.25, 0.3) is 10.9 Å². The molecular formula is C36H45Cl2N7O3. The van der Waals surface area contributed by atoms with Crippen molar-refractivity contribution in [2.75, 3.05) is 36.4 Å². The first kappa shape index (κ1) is 33.2. The minimum absolute atomic E-state index is 0.00720. The van der Waals surface area contributed by atoms with E-state index in [4.69, 9.17) is 33.2 Å². The third kappa shape index (κ3) is 6.27. The molecule has 6 atom stereocenters. The van der Waals surface area contributed by atoms with E-state index in [1.54, 1.807) is 16.7 Å². The van der Waals surface area contributed by atoms with Gasteiger partial charge >= 0.3 is 0 Å². The molecule has 3 N–H and O–H groups in total. The Labute approximate surface area is 291 Å². The number of aliphatic hydroxyl groups excluding tert-OH is 1. The minimum atomic E-state index is -0.480. The fraction of sp³-hybridized carbons (Fsp3) is 0.556. The summed E-state index contributed by atoms with van der Waals surface area (Å²) in [7, 11) is 0. The zero-order chi connectivity index (χ0) is 33.9. The number of β-amino-alcohol motifs (C(OH)–C–C–N with tert-alkyl or cyclic N) is 1. The maximum absolute atomic E-state index is 14.1. The number of carbonyl (C=O) groups is 1. The van der Waals surface area contributed by atoms with Crippen LogP contribution in [0.4, 0.5) is 11.6 Å². The number of carbonyl (C=O) groups excluding carboxylic acids is 1. The zero-order valence-corrected chi connectivity index (χ0v) is 29.6. The van der Waals surface area contributed by atoms with Gasteiger partial charge in [0.15, 0.2) is 5.96 Å². The van der Waals surface area contributed by atoms with E-state index >= 15 is 0 Å². The Balaban J connectivity index is 1.23. The number of hydrogen-bond acceptors (Lipinski definition) is 6. The molecule has 1 amide bonds. The van der Waals surface area contributed by atoms with Gasteiger partial charge in [-0.25, -0.2) is 9.98 Å². The topological polar surface area (TPSA) is 115 Å². The Morgan fingerprint density at radius 2 is 1.94 bits per heavy atom. The molecule has 1 unspecified atom stereocenters. The first-order valence-corrected chi connectivity index (χ1v) is 17.9. The van der Waals surface area contributed by atoms with Crippen molar-refractivity contribution in [1.82, 2.24) is 19.8 Å². The number of benzene rings is 2. The molecular weight excluding hydrogens is 649 g/mol. The van der Waals surface area contributed by atoms with Gasteiger partial charge in [0.25, 0.3) is 5.56 Å². The van der Waals surface area contributed by atoms with E-state index < -0.39 is 6.10 Å². The second kappa shape index (κ2) is 12.8. The van der Waals surface area contributed by atoms with Crippen LogP contribution in [0.2, 0.25) is 10.0 Å². The van der Waals surface area contributed by atoms with Gasteiger partial charge in [-0.15, -0.1) is 0 Å². The number of nitrogens with one attached hydrogen (secondary N) is 2. The van der Waals surface area contributed by atoms with Gasteiger partial charge in [0.05, 0.1) is 29.6 Å². The summed E-state index contributed by atoms with van der Waals surface area (Å²) >= 11 is 12.6. The highest BCUT2D eigenvalue weighted by atomic mass is 35.5. The third-order valence-corrected chi connectivity index (χ3v) is 12.0. The highest BCUT2D eigenvalue weighted by Gasteiger charge is 2.56. The molecule has 12 heteroatoms. The lowest BCUT2D eigenvalue weighted by Crippen LogP contribution is -2.58. The molecule has 2 aromatic carbocycles. The molecule has 8 rings (SSSR count). The molecule has 2 bridgehead atoms. The zero-order valence-electron chi connectivity index (χ0n) is 28.0. The van der Waals surface area contributed by atoms with Crippen LogP contribution in [0.1, 0.15) is 52.5 Å². The number of anilines is 2. The summed E-state index contributed by atoms with van der Waals surface area (Å²) in [6, 6.07) is 11.1. The number of rotatable bonds is 6. The van der Waals surface area contributed by atoms with Crippen molar-refractivity contribution in [3.05, 3.63) is 62.4 Å². The van der Waals surface area contributed by atoms with E-state index in [-0.39, 0.29) is 30.1 Å². The summed E-state index contributed by atoms with van der Waals surface area (Å²) in [6.45, 7) is 11.3. The van der Waals surface area contributed by atoms with Crippen molar-refractivity contribution in [1.29, 1.82) is 0 Å². The van der Waals surface area contributed by atoms with Crippen molar-refractivity contribution < 1.29 is 9.90 Å². The molecule has 256 valence electrons. The van der Waals surface area contributed by atoms with Crippen molar-refractivity contribution in [2.24, 2.45) is 28.2 Å². The summed E-state index contributed by atoms with van der Waals surface area (Å²) in [5.74, 6) is 2.92. The summed E-state index contributed by atoms with van der Waals surface area (Å²) in [5.41, 5.74) is 2.39. The van der Waals surface area contributed by atoms with Gasteiger partial charge in [-0.05, 0) is 91.7 Å². The highest BCUT2D eigenvalue weighted by Crippen LogP contribution is 2.61. The van der Waals surface area contributed by atoms with Crippen molar-refractivity contribution in [3.63, 3.8) is 0 Å². The summed E-state index contributed by atoms with van der Waals surface area (Å²) in [4.78, 5) is 41.1. The molecule has 0 radical (unpaired) electrons.